The summed E-state index contributed by atoms with van der Waals surface area (Å²) in [4.78, 5) is 12.8. The largest absolute Gasteiger partial charge is 0.482 e. The Kier molecular flexibility index (Phi) is 5.13. The van der Waals surface area contributed by atoms with Crippen molar-refractivity contribution in [2.45, 2.75) is 33.3 Å². The lowest BCUT2D eigenvalue weighted by Crippen LogP contribution is -2.06. The van der Waals surface area contributed by atoms with Crippen molar-refractivity contribution in [2.75, 3.05) is 11.1 Å². The van der Waals surface area contributed by atoms with E-state index < -0.39 is 0 Å². The summed E-state index contributed by atoms with van der Waals surface area (Å²) in [5.41, 5.74) is 8.41. The maximum atomic E-state index is 5.87. The molecule has 0 saturated heterocycles. The van der Waals surface area contributed by atoms with Crippen LogP contribution in [0, 0.1) is 0 Å². The number of nitrogens with two attached hydrogens (primary N) is 1. The summed E-state index contributed by atoms with van der Waals surface area (Å²) < 4.78 is 7.82. The first-order valence-electron chi connectivity index (χ1n) is 8.27. The van der Waals surface area contributed by atoms with Crippen molar-refractivity contribution >= 4 is 17.4 Å². The first-order chi connectivity index (χ1) is 12.2. The highest BCUT2D eigenvalue weighted by Gasteiger charge is 2.09. The van der Waals surface area contributed by atoms with Gasteiger partial charge in [0.1, 0.15) is 12.3 Å². The van der Waals surface area contributed by atoms with Crippen molar-refractivity contribution in [3.63, 3.8) is 0 Å². The quantitative estimate of drug-likeness (QED) is 0.686. The Morgan fingerprint density at radius 1 is 1.36 bits per heavy atom. The monoisotopic (exact) mass is 338 g/mol. The molecule has 0 saturated carbocycles. The lowest BCUT2D eigenvalue weighted by Gasteiger charge is -2.12. The van der Waals surface area contributed by atoms with E-state index in [2.05, 4.69) is 33.3 Å². The molecule has 0 aliphatic rings. The molecule has 3 heterocycles. The molecule has 0 spiro atoms. The third-order valence-electron chi connectivity index (χ3n) is 3.62. The van der Waals surface area contributed by atoms with Crippen LogP contribution in [0.2, 0.25) is 0 Å². The number of unbranched alkanes of at least 4 members (excludes halogenated alkanes) is 1. The van der Waals surface area contributed by atoms with E-state index in [-0.39, 0.29) is 5.95 Å². The second kappa shape index (κ2) is 7.65. The summed E-state index contributed by atoms with van der Waals surface area (Å²) in [6.45, 7) is 4.44. The Morgan fingerprint density at radius 2 is 2.24 bits per heavy atom. The number of nitrogens with zero attached hydrogens (tertiary/aromatic N) is 4. The maximum absolute atomic E-state index is 5.87. The molecule has 0 radical (unpaired) electrons. The van der Waals surface area contributed by atoms with Gasteiger partial charge in [-0.25, -0.2) is 9.97 Å². The second-order valence-corrected chi connectivity index (χ2v) is 5.73. The zero-order valence-corrected chi connectivity index (χ0v) is 14.4. The highest BCUT2D eigenvalue weighted by Crippen LogP contribution is 2.24. The number of anilines is 2. The fourth-order valence-corrected chi connectivity index (χ4v) is 2.39. The third-order valence-corrected chi connectivity index (χ3v) is 3.62. The molecule has 3 aromatic heterocycles. The molecule has 0 fully saturated rings. The zero-order chi connectivity index (χ0) is 17.6. The number of allylic oxidation sites excluding steroid dienone is 2. The van der Waals surface area contributed by atoms with Gasteiger partial charge in [-0.2, -0.15) is 4.98 Å². The van der Waals surface area contributed by atoms with E-state index in [0.29, 0.717) is 18.2 Å². The molecule has 7 nitrogen and oxygen atoms in total. The van der Waals surface area contributed by atoms with Crippen LogP contribution in [0.3, 0.4) is 0 Å². The van der Waals surface area contributed by atoms with Gasteiger partial charge in [-0.3, -0.25) is 0 Å². The summed E-state index contributed by atoms with van der Waals surface area (Å²) >= 11 is 0. The highest BCUT2D eigenvalue weighted by atomic mass is 16.5. The lowest BCUT2D eigenvalue weighted by atomic mass is 10.3. The van der Waals surface area contributed by atoms with Crippen LogP contribution >= 0.6 is 0 Å². The molecule has 3 N–H and O–H groups in total. The average Bonchev–Trinajstić information content (AvgIpc) is 3.02. The predicted molar refractivity (Wildman–Crippen MR) is 98.3 cm³/mol. The number of hydrogen-bond acceptors (Lipinski definition) is 6. The van der Waals surface area contributed by atoms with Crippen molar-refractivity contribution in [3.05, 3.63) is 54.3 Å². The summed E-state index contributed by atoms with van der Waals surface area (Å²) in [7, 11) is 0. The number of nitrogens with one attached hydrogen (secondary N) is 1. The minimum Gasteiger partial charge on any atom is -0.482 e. The van der Waals surface area contributed by atoms with E-state index in [4.69, 9.17) is 10.5 Å². The summed E-state index contributed by atoms with van der Waals surface area (Å²) in [6, 6.07) is 5.86. The molecule has 0 aliphatic carbocycles. The Balaban J connectivity index is 1.75. The predicted octanol–water partition coefficient (Wildman–Crippen LogP) is 3.40. The summed E-state index contributed by atoms with van der Waals surface area (Å²) in [5.74, 6) is 1.29. The van der Waals surface area contributed by atoms with Crippen molar-refractivity contribution < 1.29 is 4.74 Å². The van der Waals surface area contributed by atoms with E-state index in [1.807, 2.05) is 41.9 Å². The number of imidazole rings is 1. The fourth-order valence-electron chi connectivity index (χ4n) is 2.39. The highest BCUT2D eigenvalue weighted by molar-refractivity contribution is 5.54. The zero-order valence-electron chi connectivity index (χ0n) is 14.4. The standard InChI is InChI=1S/C18H22N6O/c1-3-4-7-13(2)21-17-15(10-20-18(19)23-17)25-12-14-11-24-9-6-5-8-16(24)22-14/h5-11H,3-4,12H2,1-2H3,(H3,19,20,21,23). The Bertz CT molecular complexity index is 853. The second-order valence-electron chi connectivity index (χ2n) is 5.73. The van der Waals surface area contributed by atoms with Crippen LogP contribution in [0.25, 0.3) is 5.65 Å². The molecule has 0 aromatic carbocycles. The smallest absolute Gasteiger partial charge is 0.222 e. The van der Waals surface area contributed by atoms with Crippen LogP contribution in [0.15, 0.2) is 48.6 Å². The summed E-state index contributed by atoms with van der Waals surface area (Å²) in [5, 5.41) is 3.23. The van der Waals surface area contributed by atoms with Gasteiger partial charge in [0.25, 0.3) is 0 Å². The SMILES string of the molecule is CCCC=C(C)Nc1nc(N)ncc1OCc1cn2ccccc2n1. The number of fused-ring (bicyclic) bond motifs is 1. The molecule has 0 amide bonds. The topological polar surface area (TPSA) is 90.4 Å². The van der Waals surface area contributed by atoms with E-state index in [0.717, 1.165) is 29.9 Å². The summed E-state index contributed by atoms with van der Waals surface area (Å²) in [6.07, 6.45) is 9.66. The number of nitrogen functional groups attached to an aromatic ring is 1. The minimum absolute atomic E-state index is 0.200. The van der Waals surface area contributed by atoms with E-state index in [1.165, 1.54) is 0 Å². The molecular weight excluding hydrogens is 316 g/mol. The number of ether oxygens (including phenoxy) is 1. The molecule has 0 atom stereocenters. The maximum Gasteiger partial charge on any atom is 0.222 e. The number of aromatic nitrogens is 4. The van der Waals surface area contributed by atoms with Crippen molar-refractivity contribution in [2.24, 2.45) is 0 Å². The lowest BCUT2D eigenvalue weighted by molar-refractivity contribution is 0.301. The van der Waals surface area contributed by atoms with E-state index in [1.54, 1.807) is 6.20 Å². The van der Waals surface area contributed by atoms with Gasteiger partial charge in [0.2, 0.25) is 5.95 Å². The Hall–Kier alpha value is -3.09. The molecule has 0 unspecified atom stereocenters. The van der Waals surface area contributed by atoms with Crippen LogP contribution in [0.5, 0.6) is 5.75 Å². The van der Waals surface area contributed by atoms with Crippen molar-refractivity contribution in [1.29, 1.82) is 0 Å². The number of pyridine rings is 1. The molecule has 130 valence electrons. The number of hydrogen-bond donors (Lipinski definition) is 2. The first kappa shape index (κ1) is 16.8. The minimum atomic E-state index is 0.200. The van der Waals surface area contributed by atoms with Crippen molar-refractivity contribution in [1.82, 2.24) is 19.4 Å². The van der Waals surface area contributed by atoms with Gasteiger partial charge in [-0.1, -0.05) is 25.5 Å². The molecule has 25 heavy (non-hydrogen) atoms. The van der Waals surface area contributed by atoms with Gasteiger partial charge in [0.05, 0.1) is 11.9 Å². The van der Waals surface area contributed by atoms with Gasteiger partial charge in [0, 0.05) is 18.1 Å². The van der Waals surface area contributed by atoms with E-state index in [9.17, 15) is 0 Å². The normalized spacial score (nSPS) is 11.7. The first-order valence-corrected chi connectivity index (χ1v) is 8.27. The molecule has 3 aromatic rings. The number of rotatable bonds is 7. The van der Waals surface area contributed by atoms with Crippen LogP contribution < -0.4 is 15.8 Å². The Labute approximate surface area is 146 Å². The molecule has 3 rings (SSSR count). The van der Waals surface area contributed by atoms with Gasteiger partial charge < -0.3 is 20.2 Å². The molecule has 0 aliphatic heterocycles. The van der Waals surface area contributed by atoms with Crippen molar-refractivity contribution in [3.8, 4) is 5.75 Å². The van der Waals surface area contributed by atoms with Gasteiger partial charge in [-0.15, -0.1) is 0 Å². The van der Waals surface area contributed by atoms with Crippen LogP contribution in [0.4, 0.5) is 11.8 Å². The van der Waals surface area contributed by atoms with Crippen LogP contribution in [-0.4, -0.2) is 19.4 Å². The molecule has 0 bridgehead atoms. The molecular formula is C18H22N6O. The van der Waals surface area contributed by atoms with Gasteiger partial charge >= 0.3 is 0 Å². The third kappa shape index (κ3) is 4.26. The molecule has 7 heteroatoms. The van der Waals surface area contributed by atoms with Crippen LogP contribution in [0.1, 0.15) is 32.4 Å². The van der Waals surface area contributed by atoms with Gasteiger partial charge in [0.15, 0.2) is 11.6 Å². The Morgan fingerprint density at radius 3 is 3.04 bits per heavy atom. The fraction of sp³-hybridized carbons (Fsp3) is 0.278. The van der Waals surface area contributed by atoms with E-state index >= 15 is 0 Å². The average molecular weight is 338 g/mol. The van der Waals surface area contributed by atoms with Gasteiger partial charge in [-0.05, 0) is 25.5 Å². The van der Waals surface area contributed by atoms with Crippen LogP contribution in [-0.2, 0) is 6.61 Å².